The number of carbonyl (C=O) groups excluding carboxylic acids is 1. The number of aryl methyl sites for hydroxylation is 1. The number of pyridine rings is 1. The first-order valence-corrected chi connectivity index (χ1v) is 7.80. The highest BCUT2D eigenvalue weighted by Crippen LogP contribution is 2.16. The van der Waals surface area contributed by atoms with Gasteiger partial charge in [0.1, 0.15) is 0 Å². The van der Waals surface area contributed by atoms with Crippen LogP contribution in [0, 0.1) is 6.92 Å². The molecule has 6 nitrogen and oxygen atoms in total. The van der Waals surface area contributed by atoms with Gasteiger partial charge in [-0.25, -0.2) is 4.79 Å². The van der Waals surface area contributed by atoms with Crippen LogP contribution in [0.5, 0.6) is 0 Å². The van der Waals surface area contributed by atoms with Gasteiger partial charge >= 0.3 is 6.03 Å². The van der Waals surface area contributed by atoms with Gasteiger partial charge in [-0.05, 0) is 39.2 Å². The molecule has 1 aromatic heterocycles. The van der Waals surface area contributed by atoms with E-state index < -0.39 is 0 Å². The minimum Gasteiger partial charge on any atom is -0.379 e. The standard InChI is InChI=1S/C16H25N3O3/c1-13-6-5-7-14(20)19(13)10-4-3-9-17-15(21)18-16(2)8-11-22-12-16/h5-7H,3-4,8-12H2,1-2H3,(H2,17,18,21)/t16-/m0/s1. The van der Waals surface area contributed by atoms with Crippen LogP contribution < -0.4 is 16.2 Å². The number of nitrogens with zero attached hydrogens (tertiary/aromatic N) is 1. The van der Waals surface area contributed by atoms with E-state index in [1.807, 2.05) is 19.9 Å². The van der Waals surface area contributed by atoms with Crippen molar-refractivity contribution in [2.75, 3.05) is 19.8 Å². The summed E-state index contributed by atoms with van der Waals surface area (Å²) >= 11 is 0. The maximum absolute atomic E-state index is 11.8. The van der Waals surface area contributed by atoms with Gasteiger partial charge in [-0.2, -0.15) is 0 Å². The van der Waals surface area contributed by atoms with Crippen molar-refractivity contribution in [1.29, 1.82) is 0 Å². The minimum atomic E-state index is -0.251. The maximum atomic E-state index is 11.8. The molecule has 2 rings (SSSR count). The zero-order valence-electron chi connectivity index (χ0n) is 13.4. The summed E-state index contributed by atoms with van der Waals surface area (Å²) in [6.45, 7) is 6.46. The van der Waals surface area contributed by atoms with Gasteiger partial charge in [-0.15, -0.1) is 0 Å². The molecule has 2 N–H and O–H groups in total. The van der Waals surface area contributed by atoms with Gasteiger partial charge in [-0.3, -0.25) is 4.79 Å². The molecular formula is C16H25N3O3. The molecule has 0 spiro atoms. The molecule has 0 bridgehead atoms. The Labute approximate surface area is 130 Å². The second-order valence-electron chi connectivity index (χ2n) is 6.11. The summed E-state index contributed by atoms with van der Waals surface area (Å²) in [6.07, 6.45) is 2.53. The second kappa shape index (κ2) is 7.45. The minimum absolute atomic E-state index is 0.0276. The van der Waals surface area contributed by atoms with Crippen LogP contribution in [0.25, 0.3) is 0 Å². The summed E-state index contributed by atoms with van der Waals surface area (Å²) in [7, 11) is 0. The number of carbonyl (C=O) groups is 1. The highest BCUT2D eigenvalue weighted by Gasteiger charge is 2.30. The van der Waals surface area contributed by atoms with E-state index in [4.69, 9.17) is 4.74 Å². The first-order valence-electron chi connectivity index (χ1n) is 7.80. The molecule has 0 aliphatic carbocycles. The fourth-order valence-electron chi connectivity index (χ4n) is 2.59. The van der Waals surface area contributed by atoms with Crippen molar-refractivity contribution in [1.82, 2.24) is 15.2 Å². The molecule has 0 aromatic carbocycles. The molecule has 0 unspecified atom stereocenters. The Kier molecular flexibility index (Phi) is 5.60. The Balaban J connectivity index is 1.65. The number of hydrogen-bond acceptors (Lipinski definition) is 3. The van der Waals surface area contributed by atoms with Crippen molar-refractivity contribution < 1.29 is 9.53 Å². The number of ether oxygens (including phenoxy) is 1. The third-order valence-electron chi connectivity index (χ3n) is 4.00. The predicted octanol–water partition coefficient (Wildman–Crippen LogP) is 1.42. The zero-order chi connectivity index (χ0) is 16.0. The lowest BCUT2D eigenvalue weighted by atomic mass is 10.0. The van der Waals surface area contributed by atoms with Gasteiger partial charge in [0, 0.05) is 31.5 Å². The zero-order valence-corrected chi connectivity index (χ0v) is 13.4. The van der Waals surface area contributed by atoms with Crippen LogP contribution in [0.2, 0.25) is 0 Å². The molecular weight excluding hydrogens is 282 g/mol. The Bertz CT molecular complexity index is 562. The first-order chi connectivity index (χ1) is 10.5. The molecule has 1 aliphatic heterocycles. The van der Waals surface area contributed by atoms with E-state index in [1.165, 1.54) is 0 Å². The van der Waals surface area contributed by atoms with Gasteiger partial charge in [0.25, 0.3) is 5.56 Å². The largest absolute Gasteiger partial charge is 0.379 e. The van der Waals surface area contributed by atoms with Crippen LogP contribution >= 0.6 is 0 Å². The Hall–Kier alpha value is -1.82. The number of rotatable bonds is 6. The third kappa shape index (κ3) is 4.59. The number of aromatic nitrogens is 1. The van der Waals surface area contributed by atoms with Crippen molar-refractivity contribution in [2.45, 2.75) is 45.2 Å². The summed E-state index contributed by atoms with van der Waals surface area (Å²) in [5.74, 6) is 0. The molecule has 2 heterocycles. The first kappa shape index (κ1) is 16.5. The van der Waals surface area contributed by atoms with Crippen molar-refractivity contribution in [2.24, 2.45) is 0 Å². The summed E-state index contributed by atoms with van der Waals surface area (Å²) in [5.41, 5.74) is 0.741. The molecule has 6 heteroatoms. The summed E-state index contributed by atoms with van der Waals surface area (Å²) in [4.78, 5) is 23.5. The molecule has 1 aliphatic rings. The van der Waals surface area contributed by atoms with E-state index in [2.05, 4.69) is 10.6 Å². The Morgan fingerprint density at radius 3 is 2.91 bits per heavy atom. The van der Waals surface area contributed by atoms with Gasteiger partial charge in [0.2, 0.25) is 0 Å². The summed E-state index contributed by atoms with van der Waals surface area (Å²) in [5, 5.41) is 5.81. The van der Waals surface area contributed by atoms with E-state index >= 15 is 0 Å². The van der Waals surface area contributed by atoms with Crippen molar-refractivity contribution in [3.8, 4) is 0 Å². The number of nitrogens with one attached hydrogen (secondary N) is 2. The molecule has 1 fully saturated rings. The van der Waals surface area contributed by atoms with Crippen molar-refractivity contribution >= 4 is 6.03 Å². The number of urea groups is 1. The van der Waals surface area contributed by atoms with Gasteiger partial charge in [0.15, 0.2) is 0 Å². The quantitative estimate of drug-likeness (QED) is 0.781. The number of hydrogen-bond donors (Lipinski definition) is 2. The molecule has 1 saturated heterocycles. The van der Waals surface area contributed by atoms with Crippen LogP contribution in [0.15, 0.2) is 23.0 Å². The molecule has 0 saturated carbocycles. The lowest BCUT2D eigenvalue weighted by Crippen LogP contribution is -2.50. The van der Waals surface area contributed by atoms with Crippen molar-refractivity contribution in [3.05, 3.63) is 34.2 Å². The van der Waals surface area contributed by atoms with Gasteiger partial charge in [-0.1, -0.05) is 6.07 Å². The Morgan fingerprint density at radius 2 is 2.23 bits per heavy atom. The molecule has 2 amide bonds. The number of amides is 2. The van der Waals surface area contributed by atoms with Crippen LogP contribution in [0.4, 0.5) is 4.79 Å². The van der Waals surface area contributed by atoms with E-state index in [9.17, 15) is 9.59 Å². The van der Waals surface area contributed by atoms with Crippen LogP contribution in [-0.2, 0) is 11.3 Å². The van der Waals surface area contributed by atoms with Gasteiger partial charge in [0.05, 0.1) is 12.1 Å². The van der Waals surface area contributed by atoms with Gasteiger partial charge < -0.3 is 19.9 Å². The van der Waals surface area contributed by atoms with E-state index in [0.29, 0.717) is 26.3 Å². The highest BCUT2D eigenvalue weighted by molar-refractivity contribution is 5.74. The van der Waals surface area contributed by atoms with E-state index in [-0.39, 0.29) is 17.1 Å². The number of unbranched alkanes of at least 4 members (excludes halogenated alkanes) is 1. The molecule has 0 radical (unpaired) electrons. The fraction of sp³-hybridized carbons (Fsp3) is 0.625. The third-order valence-corrected chi connectivity index (χ3v) is 4.00. The van der Waals surface area contributed by atoms with Crippen LogP contribution in [0.3, 0.4) is 0 Å². The normalized spacial score (nSPS) is 20.8. The van der Waals surface area contributed by atoms with Crippen molar-refractivity contribution in [3.63, 3.8) is 0 Å². The average Bonchev–Trinajstić information content (AvgIpc) is 2.87. The SMILES string of the molecule is Cc1cccc(=O)n1CCCCNC(=O)N[C@@]1(C)CCOC1. The van der Waals surface area contributed by atoms with E-state index in [1.54, 1.807) is 16.7 Å². The van der Waals surface area contributed by atoms with Crippen LogP contribution in [-0.4, -0.2) is 35.9 Å². The lowest BCUT2D eigenvalue weighted by Gasteiger charge is -2.23. The van der Waals surface area contributed by atoms with E-state index in [0.717, 1.165) is 25.0 Å². The summed E-state index contributed by atoms with van der Waals surface area (Å²) in [6, 6.07) is 5.12. The summed E-state index contributed by atoms with van der Waals surface area (Å²) < 4.78 is 7.06. The molecule has 122 valence electrons. The molecule has 22 heavy (non-hydrogen) atoms. The monoisotopic (exact) mass is 307 g/mol. The predicted molar refractivity (Wildman–Crippen MR) is 85.0 cm³/mol. The highest BCUT2D eigenvalue weighted by atomic mass is 16.5. The second-order valence-corrected chi connectivity index (χ2v) is 6.11. The topological polar surface area (TPSA) is 72.4 Å². The fourth-order valence-corrected chi connectivity index (χ4v) is 2.59. The smallest absolute Gasteiger partial charge is 0.315 e. The van der Waals surface area contributed by atoms with Crippen LogP contribution in [0.1, 0.15) is 31.9 Å². The maximum Gasteiger partial charge on any atom is 0.315 e. The lowest BCUT2D eigenvalue weighted by molar-refractivity contribution is 0.170. The Morgan fingerprint density at radius 1 is 1.41 bits per heavy atom. The molecule has 1 atom stereocenters. The molecule has 1 aromatic rings. The average molecular weight is 307 g/mol.